The third-order valence-electron chi connectivity index (χ3n) is 3.42. The molecule has 1 aromatic rings. The summed E-state index contributed by atoms with van der Waals surface area (Å²) in [4.78, 5) is 13.3. The molecule has 1 saturated heterocycles. The highest BCUT2D eigenvalue weighted by Gasteiger charge is 2.23. The molecule has 0 radical (unpaired) electrons. The molecule has 0 saturated carbocycles. The Bertz CT molecular complexity index is 445. The Hall–Kier alpha value is -0.940. The number of carbonyl (C=O) groups excluding carboxylic acids is 1. The lowest BCUT2D eigenvalue weighted by atomic mass is 9.96. The van der Waals surface area contributed by atoms with Crippen LogP contribution in [0.25, 0.3) is 0 Å². The van der Waals surface area contributed by atoms with Gasteiger partial charge in [0.15, 0.2) is 0 Å². The number of likely N-dealkylation sites (tertiary alicyclic amines) is 1. The van der Waals surface area contributed by atoms with Crippen LogP contribution in [0.4, 0.5) is 4.39 Å². The van der Waals surface area contributed by atoms with Gasteiger partial charge >= 0.3 is 0 Å². The summed E-state index contributed by atoms with van der Waals surface area (Å²) in [6, 6.07) is 5.06. The van der Waals surface area contributed by atoms with Crippen LogP contribution in [0.15, 0.2) is 22.7 Å². The molecule has 0 spiro atoms. The van der Waals surface area contributed by atoms with Gasteiger partial charge in [0.2, 0.25) is 5.91 Å². The fourth-order valence-electron chi connectivity index (χ4n) is 2.29. The molecule has 0 aliphatic carbocycles. The summed E-state index contributed by atoms with van der Waals surface area (Å²) in [7, 11) is 0. The highest BCUT2D eigenvalue weighted by atomic mass is 79.9. The number of benzene rings is 1. The second-order valence-electron chi connectivity index (χ2n) is 4.67. The van der Waals surface area contributed by atoms with E-state index in [1.165, 1.54) is 6.07 Å². The molecule has 0 unspecified atom stereocenters. The zero-order valence-electron chi connectivity index (χ0n) is 10.0. The van der Waals surface area contributed by atoms with Crippen LogP contribution in [-0.2, 0) is 11.3 Å². The molecule has 98 valence electrons. The Morgan fingerprint density at radius 1 is 1.44 bits per heavy atom. The van der Waals surface area contributed by atoms with Crippen molar-refractivity contribution in [1.29, 1.82) is 0 Å². The molecule has 18 heavy (non-hydrogen) atoms. The molecule has 1 aromatic carbocycles. The van der Waals surface area contributed by atoms with Gasteiger partial charge in [-0.3, -0.25) is 9.69 Å². The first-order valence-electron chi connectivity index (χ1n) is 6.02. The van der Waals surface area contributed by atoms with Crippen LogP contribution >= 0.6 is 15.9 Å². The minimum absolute atomic E-state index is 0.00259. The lowest BCUT2D eigenvalue weighted by Crippen LogP contribution is -2.38. The molecule has 1 aliphatic heterocycles. The third-order valence-corrected chi connectivity index (χ3v) is 4.30. The van der Waals surface area contributed by atoms with E-state index in [-0.39, 0.29) is 17.6 Å². The number of halogens is 2. The van der Waals surface area contributed by atoms with E-state index in [1.807, 2.05) is 6.07 Å². The van der Waals surface area contributed by atoms with E-state index in [0.717, 1.165) is 31.5 Å². The average molecular weight is 315 g/mol. The minimum Gasteiger partial charge on any atom is -0.369 e. The summed E-state index contributed by atoms with van der Waals surface area (Å²) in [5, 5.41) is 0. The van der Waals surface area contributed by atoms with Gasteiger partial charge in [0.05, 0.1) is 4.47 Å². The summed E-state index contributed by atoms with van der Waals surface area (Å²) in [6.07, 6.45) is 1.59. The van der Waals surface area contributed by atoms with Gasteiger partial charge in [0, 0.05) is 12.5 Å². The number of hydrogen-bond donors (Lipinski definition) is 1. The molecule has 0 bridgehead atoms. The maximum Gasteiger partial charge on any atom is 0.220 e. The fraction of sp³-hybridized carbons (Fsp3) is 0.462. The second-order valence-corrected chi connectivity index (χ2v) is 5.46. The van der Waals surface area contributed by atoms with E-state index in [4.69, 9.17) is 5.73 Å². The Kier molecular flexibility index (Phi) is 4.35. The molecule has 2 rings (SSSR count). The number of hydrogen-bond acceptors (Lipinski definition) is 2. The van der Waals surface area contributed by atoms with Crippen molar-refractivity contribution in [3.05, 3.63) is 34.1 Å². The first-order chi connectivity index (χ1) is 8.58. The standard InChI is InChI=1S/C13H16BrFN2O/c14-12-10(2-1-3-11(12)15)8-17-6-4-9(5-7-17)13(16)18/h1-3,9H,4-8H2,(H2,16,18). The van der Waals surface area contributed by atoms with Gasteiger partial charge in [-0.15, -0.1) is 0 Å². The number of rotatable bonds is 3. The molecule has 3 nitrogen and oxygen atoms in total. The molecule has 1 amide bonds. The zero-order valence-corrected chi connectivity index (χ0v) is 11.6. The van der Waals surface area contributed by atoms with Crippen molar-refractivity contribution in [1.82, 2.24) is 4.90 Å². The molecule has 0 atom stereocenters. The third kappa shape index (κ3) is 3.09. The van der Waals surface area contributed by atoms with E-state index in [0.29, 0.717) is 11.0 Å². The molecule has 1 aliphatic rings. The van der Waals surface area contributed by atoms with Crippen molar-refractivity contribution in [3.8, 4) is 0 Å². The molecular formula is C13H16BrFN2O. The molecule has 0 aromatic heterocycles. The Balaban J connectivity index is 1.96. The van der Waals surface area contributed by atoms with Crippen molar-refractivity contribution in [2.75, 3.05) is 13.1 Å². The van der Waals surface area contributed by atoms with Crippen LogP contribution in [-0.4, -0.2) is 23.9 Å². The SMILES string of the molecule is NC(=O)C1CCN(Cc2cccc(F)c2Br)CC1. The Labute approximate surface area is 114 Å². The number of piperidine rings is 1. The topological polar surface area (TPSA) is 46.3 Å². The van der Waals surface area contributed by atoms with Crippen molar-refractivity contribution in [3.63, 3.8) is 0 Å². The predicted molar refractivity (Wildman–Crippen MR) is 71.3 cm³/mol. The van der Waals surface area contributed by atoms with Crippen LogP contribution < -0.4 is 5.73 Å². The van der Waals surface area contributed by atoms with Crippen molar-refractivity contribution < 1.29 is 9.18 Å². The zero-order chi connectivity index (χ0) is 13.1. The molecule has 2 N–H and O–H groups in total. The monoisotopic (exact) mass is 314 g/mol. The maximum absolute atomic E-state index is 13.4. The fourth-order valence-corrected chi connectivity index (χ4v) is 2.68. The van der Waals surface area contributed by atoms with Crippen LogP contribution in [0.2, 0.25) is 0 Å². The van der Waals surface area contributed by atoms with Crippen molar-refractivity contribution in [2.45, 2.75) is 19.4 Å². The second kappa shape index (κ2) is 5.80. The van der Waals surface area contributed by atoms with Gasteiger partial charge in [-0.25, -0.2) is 4.39 Å². The first-order valence-corrected chi connectivity index (χ1v) is 6.82. The highest BCUT2D eigenvalue weighted by Crippen LogP contribution is 2.24. The van der Waals surface area contributed by atoms with Crippen LogP contribution in [0.5, 0.6) is 0 Å². The summed E-state index contributed by atoms with van der Waals surface area (Å²) in [5.74, 6) is -0.446. The number of carbonyl (C=O) groups is 1. The molecule has 5 heteroatoms. The normalized spacial score (nSPS) is 17.9. The molecular weight excluding hydrogens is 299 g/mol. The maximum atomic E-state index is 13.4. The van der Waals surface area contributed by atoms with Gasteiger partial charge in [-0.05, 0) is 53.5 Å². The number of primary amides is 1. The van der Waals surface area contributed by atoms with E-state index in [1.54, 1.807) is 6.07 Å². The van der Waals surface area contributed by atoms with Gasteiger partial charge in [0.1, 0.15) is 5.82 Å². The van der Waals surface area contributed by atoms with Gasteiger partial charge < -0.3 is 5.73 Å². The summed E-state index contributed by atoms with van der Waals surface area (Å²) >= 11 is 3.27. The highest BCUT2D eigenvalue weighted by molar-refractivity contribution is 9.10. The number of nitrogens with two attached hydrogens (primary N) is 1. The van der Waals surface area contributed by atoms with Gasteiger partial charge in [0.25, 0.3) is 0 Å². The Morgan fingerprint density at radius 3 is 2.72 bits per heavy atom. The van der Waals surface area contributed by atoms with Crippen molar-refractivity contribution in [2.24, 2.45) is 11.7 Å². The van der Waals surface area contributed by atoms with E-state index in [9.17, 15) is 9.18 Å². The van der Waals surface area contributed by atoms with Crippen LogP contribution in [0.3, 0.4) is 0 Å². The minimum atomic E-state index is -0.237. The first kappa shape index (κ1) is 13.5. The lowest BCUT2D eigenvalue weighted by Gasteiger charge is -2.30. The summed E-state index contributed by atoms with van der Waals surface area (Å²) in [5.41, 5.74) is 6.23. The average Bonchev–Trinajstić information content (AvgIpc) is 2.36. The van der Waals surface area contributed by atoms with E-state index >= 15 is 0 Å². The Morgan fingerprint density at radius 2 is 2.11 bits per heavy atom. The van der Waals surface area contributed by atoms with Crippen LogP contribution in [0, 0.1) is 11.7 Å². The number of amides is 1. The summed E-state index contributed by atoms with van der Waals surface area (Å²) < 4.78 is 13.9. The van der Waals surface area contributed by atoms with Gasteiger partial charge in [-0.1, -0.05) is 12.1 Å². The lowest BCUT2D eigenvalue weighted by molar-refractivity contribution is -0.123. The van der Waals surface area contributed by atoms with E-state index < -0.39 is 0 Å². The van der Waals surface area contributed by atoms with Crippen molar-refractivity contribution >= 4 is 21.8 Å². The quantitative estimate of drug-likeness (QED) is 0.930. The largest absolute Gasteiger partial charge is 0.369 e. The predicted octanol–water partition coefficient (Wildman–Crippen LogP) is 2.29. The number of nitrogens with zero attached hydrogens (tertiary/aromatic N) is 1. The molecule has 1 fully saturated rings. The van der Waals surface area contributed by atoms with Gasteiger partial charge in [-0.2, -0.15) is 0 Å². The van der Waals surface area contributed by atoms with Crippen LogP contribution in [0.1, 0.15) is 18.4 Å². The smallest absolute Gasteiger partial charge is 0.220 e. The van der Waals surface area contributed by atoms with E-state index in [2.05, 4.69) is 20.8 Å². The summed E-state index contributed by atoms with van der Waals surface area (Å²) in [6.45, 7) is 2.36. The molecule has 1 heterocycles.